The minimum absolute atomic E-state index is 0.192. The first-order chi connectivity index (χ1) is 11.8. The molecule has 0 saturated heterocycles. The Hall–Kier alpha value is -2.15. The van der Waals surface area contributed by atoms with Crippen molar-refractivity contribution in [2.75, 3.05) is 11.9 Å². The normalized spacial score (nSPS) is 19.7. The molecule has 1 aliphatic rings. The molecule has 0 aliphatic heterocycles. The first kappa shape index (κ1) is 19.2. The monoisotopic (exact) mass is 364 g/mol. The number of rotatable bonds is 6. The molecule has 1 aromatic heterocycles. The molecule has 0 bridgehead atoms. The van der Waals surface area contributed by atoms with Crippen LogP contribution in [0.1, 0.15) is 54.8 Å². The number of carboxylic acid groups (broad SMARTS) is 1. The van der Waals surface area contributed by atoms with Crippen molar-refractivity contribution in [2.45, 2.75) is 39.5 Å². The molecule has 1 amide bonds. The Balaban J connectivity index is 2.25. The van der Waals surface area contributed by atoms with Crippen molar-refractivity contribution in [3.8, 4) is 0 Å². The van der Waals surface area contributed by atoms with Gasteiger partial charge in [-0.25, -0.2) is 4.79 Å². The number of amides is 1. The average molecular weight is 364 g/mol. The molecular weight excluding hydrogens is 342 g/mol. The second-order valence-electron chi connectivity index (χ2n) is 6.23. The molecule has 1 N–H and O–H groups in total. The highest BCUT2D eigenvalue weighted by Gasteiger charge is 2.31. The lowest BCUT2D eigenvalue weighted by Gasteiger charge is -2.28. The lowest BCUT2D eigenvalue weighted by atomic mass is 9.82. The Labute approximate surface area is 150 Å². The van der Waals surface area contributed by atoms with Gasteiger partial charge in [0.25, 0.3) is 0 Å². The predicted molar refractivity (Wildman–Crippen MR) is 93.4 cm³/mol. The van der Waals surface area contributed by atoms with Crippen LogP contribution in [0, 0.1) is 11.8 Å². The number of allylic oxidation sites excluding steroid dienone is 2. The smallest absolute Gasteiger partial charge is 0.341 e. The fourth-order valence-electron chi connectivity index (χ4n) is 2.72. The van der Waals surface area contributed by atoms with Crippen LogP contribution < -0.4 is 10.4 Å². The van der Waals surface area contributed by atoms with E-state index in [-0.39, 0.29) is 18.9 Å². The van der Waals surface area contributed by atoms with Crippen LogP contribution >= 0.6 is 11.3 Å². The number of thiophene rings is 1. The molecule has 0 fully saturated rings. The second-order valence-corrected chi connectivity index (χ2v) is 7.31. The highest BCUT2D eigenvalue weighted by molar-refractivity contribution is 7.16. The van der Waals surface area contributed by atoms with Crippen LogP contribution in [0.5, 0.6) is 0 Å². The minimum Gasteiger partial charge on any atom is -0.550 e. The van der Waals surface area contributed by atoms with Gasteiger partial charge < -0.3 is 20.0 Å². The number of hydrogen-bond acceptors (Lipinski definition) is 6. The van der Waals surface area contributed by atoms with E-state index in [0.717, 1.165) is 4.88 Å². The largest absolute Gasteiger partial charge is 0.550 e. The molecule has 1 aliphatic carbocycles. The van der Waals surface area contributed by atoms with E-state index < -0.39 is 29.7 Å². The molecule has 0 saturated carbocycles. The number of anilines is 1. The Morgan fingerprint density at radius 2 is 1.92 bits per heavy atom. The van der Waals surface area contributed by atoms with Crippen molar-refractivity contribution in [1.29, 1.82) is 0 Å². The van der Waals surface area contributed by atoms with E-state index in [9.17, 15) is 19.5 Å². The fraction of sp³-hybridized carbons (Fsp3) is 0.500. The Kier molecular flexibility index (Phi) is 6.36. The van der Waals surface area contributed by atoms with Crippen LogP contribution in [0.15, 0.2) is 18.2 Å². The number of carbonyl (C=O) groups excluding carboxylic acids is 3. The van der Waals surface area contributed by atoms with Crippen molar-refractivity contribution in [3.05, 3.63) is 28.7 Å². The van der Waals surface area contributed by atoms with Gasteiger partial charge in [-0.3, -0.25) is 4.79 Å². The summed E-state index contributed by atoms with van der Waals surface area (Å²) in [6, 6.07) is 1.72. The quantitative estimate of drug-likeness (QED) is 0.617. The second kappa shape index (κ2) is 8.29. The fourth-order valence-corrected chi connectivity index (χ4v) is 3.77. The van der Waals surface area contributed by atoms with Gasteiger partial charge in [-0.1, -0.05) is 26.0 Å². The number of carboxylic acids is 1. The molecule has 0 aromatic carbocycles. The molecule has 0 radical (unpaired) electrons. The van der Waals surface area contributed by atoms with Crippen molar-refractivity contribution in [2.24, 2.45) is 11.8 Å². The highest BCUT2D eigenvalue weighted by Crippen LogP contribution is 2.35. The topological polar surface area (TPSA) is 95.5 Å². The summed E-state index contributed by atoms with van der Waals surface area (Å²) in [6.45, 7) is 5.93. The first-order valence-electron chi connectivity index (χ1n) is 8.32. The summed E-state index contributed by atoms with van der Waals surface area (Å²) in [5.74, 6) is -3.53. The third-order valence-electron chi connectivity index (χ3n) is 4.12. The number of hydrogen-bond donors (Lipinski definition) is 1. The zero-order chi connectivity index (χ0) is 18.6. The van der Waals surface area contributed by atoms with Crippen molar-refractivity contribution in [3.63, 3.8) is 0 Å². The van der Waals surface area contributed by atoms with Gasteiger partial charge in [-0.15, -0.1) is 11.3 Å². The summed E-state index contributed by atoms with van der Waals surface area (Å²) in [6.07, 6.45) is 4.15. The van der Waals surface area contributed by atoms with Gasteiger partial charge in [0, 0.05) is 16.8 Å². The lowest BCUT2D eigenvalue weighted by Crippen LogP contribution is -2.41. The highest BCUT2D eigenvalue weighted by atomic mass is 32.1. The summed E-state index contributed by atoms with van der Waals surface area (Å²) in [5.41, 5.74) is 0.306. The van der Waals surface area contributed by atoms with Gasteiger partial charge >= 0.3 is 5.97 Å². The van der Waals surface area contributed by atoms with E-state index in [1.807, 2.05) is 13.8 Å². The van der Waals surface area contributed by atoms with E-state index in [2.05, 4.69) is 5.32 Å². The predicted octanol–water partition coefficient (Wildman–Crippen LogP) is 2.32. The molecule has 7 heteroatoms. The standard InChI is InChI=1S/C18H23NO5S/c1-4-24-18(23)13-9-14(10(2)3)25-16(13)19-15(20)11-7-5-6-8-12(11)17(21)22/h5-6,9-12H,4,7-8H2,1-3H3,(H,19,20)(H,21,22)/p-1/t11-,12+/m1/s1. The maximum Gasteiger partial charge on any atom is 0.341 e. The molecular formula is C18H22NO5S-. The number of ether oxygens (including phenoxy) is 1. The summed E-state index contributed by atoms with van der Waals surface area (Å²) in [5, 5.41) is 14.4. The summed E-state index contributed by atoms with van der Waals surface area (Å²) in [7, 11) is 0. The minimum atomic E-state index is -1.23. The molecule has 0 spiro atoms. The number of nitrogens with one attached hydrogen (secondary N) is 1. The Bertz CT molecular complexity index is 692. The van der Waals surface area contributed by atoms with Crippen LogP contribution in [-0.2, 0) is 14.3 Å². The maximum atomic E-state index is 12.6. The van der Waals surface area contributed by atoms with Crippen molar-refractivity contribution in [1.82, 2.24) is 0 Å². The third-order valence-corrected chi connectivity index (χ3v) is 5.48. The van der Waals surface area contributed by atoms with Crippen LogP contribution in [0.4, 0.5) is 5.00 Å². The van der Waals surface area contributed by atoms with Crippen molar-refractivity contribution >= 4 is 34.2 Å². The molecule has 1 aromatic rings. The van der Waals surface area contributed by atoms with Crippen molar-refractivity contribution < 1.29 is 24.2 Å². The number of esters is 1. The lowest BCUT2D eigenvalue weighted by molar-refractivity contribution is -0.313. The molecule has 136 valence electrons. The number of carbonyl (C=O) groups is 3. The number of aliphatic carboxylic acids is 1. The van der Waals surface area contributed by atoms with Crippen LogP contribution in [0.3, 0.4) is 0 Å². The Morgan fingerprint density at radius 3 is 2.48 bits per heavy atom. The van der Waals surface area contributed by atoms with E-state index in [0.29, 0.717) is 17.0 Å². The van der Waals surface area contributed by atoms with Crippen LogP contribution in [0.2, 0.25) is 0 Å². The van der Waals surface area contributed by atoms with Gasteiger partial charge in [0.2, 0.25) is 5.91 Å². The molecule has 0 unspecified atom stereocenters. The summed E-state index contributed by atoms with van der Waals surface area (Å²) in [4.78, 5) is 37.0. The van der Waals surface area contributed by atoms with Gasteiger partial charge in [0.15, 0.2) is 0 Å². The zero-order valence-corrected chi connectivity index (χ0v) is 15.4. The zero-order valence-electron chi connectivity index (χ0n) is 14.5. The maximum absolute atomic E-state index is 12.6. The molecule has 2 rings (SSSR count). The first-order valence-corrected chi connectivity index (χ1v) is 9.14. The van der Waals surface area contributed by atoms with E-state index in [1.54, 1.807) is 25.1 Å². The molecule has 25 heavy (non-hydrogen) atoms. The average Bonchev–Trinajstić information content (AvgIpc) is 2.99. The van der Waals surface area contributed by atoms with E-state index in [1.165, 1.54) is 11.3 Å². The van der Waals surface area contributed by atoms with Crippen LogP contribution in [0.25, 0.3) is 0 Å². The van der Waals surface area contributed by atoms with E-state index in [4.69, 9.17) is 4.74 Å². The third kappa shape index (κ3) is 4.48. The summed E-state index contributed by atoms with van der Waals surface area (Å²) >= 11 is 1.31. The van der Waals surface area contributed by atoms with Gasteiger partial charge in [0.1, 0.15) is 5.00 Å². The van der Waals surface area contributed by atoms with E-state index >= 15 is 0 Å². The SMILES string of the molecule is CCOC(=O)c1cc(C(C)C)sc1NC(=O)[C@@H]1CC=CC[C@@H]1C(=O)[O-]. The van der Waals surface area contributed by atoms with Gasteiger partial charge in [-0.05, 0) is 31.7 Å². The van der Waals surface area contributed by atoms with Gasteiger partial charge in [0.05, 0.1) is 18.1 Å². The molecule has 2 atom stereocenters. The molecule has 1 heterocycles. The van der Waals surface area contributed by atoms with Crippen LogP contribution in [-0.4, -0.2) is 24.5 Å². The molecule has 6 nitrogen and oxygen atoms in total. The Morgan fingerprint density at radius 1 is 1.28 bits per heavy atom. The summed E-state index contributed by atoms with van der Waals surface area (Å²) < 4.78 is 5.05. The van der Waals surface area contributed by atoms with Gasteiger partial charge in [-0.2, -0.15) is 0 Å².